The number of carbonyl (C=O) groups excluding carboxylic acids is 1. The van der Waals surface area contributed by atoms with Crippen molar-refractivity contribution in [2.75, 3.05) is 26.2 Å². The van der Waals surface area contributed by atoms with E-state index < -0.39 is 0 Å². The predicted molar refractivity (Wildman–Crippen MR) is 201 cm³/mol. The first kappa shape index (κ1) is 43.6. The summed E-state index contributed by atoms with van der Waals surface area (Å²) in [6, 6.07) is 0. The molecular weight excluding hydrogens is 582 g/mol. The van der Waals surface area contributed by atoms with Crippen molar-refractivity contribution in [2.45, 2.75) is 207 Å². The molecule has 2 atom stereocenters. The fraction of sp³-hybridized carbons (Fsp3) is 0.902. The molecule has 1 aromatic heterocycles. The van der Waals surface area contributed by atoms with E-state index in [0.29, 0.717) is 6.61 Å². The number of aromatic nitrogens is 2. The Bertz CT molecular complexity index is 772. The van der Waals surface area contributed by atoms with Gasteiger partial charge in [0.2, 0.25) is 0 Å². The zero-order valence-electron chi connectivity index (χ0n) is 31.6. The van der Waals surface area contributed by atoms with Gasteiger partial charge in [-0.15, -0.1) is 0 Å². The molecular formula is C41H79N3O3. The largest absolute Gasteiger partial charge is 0.465 e. The molecule has 0 radical (unpaired) electrons. The Morgan fingerprint density at radius 1 is 0.660 bits per heavy atom. The van der Waals surface area contributed by atoms with Gasteiger partial charge in [-0.3, -0.25) is 9.69 Å². The molecule has 0 aliphatic carbocycles. The molecule has 0 aliphatic heterocycles. The topological polar surface area (TPSA) is 67.6 Å². The number of ether oxygens (including phenoxy) is 1. The van der Waals surface area contributed by atoms with E-state index in [0.717, 1.165) is 90.4 Å². The number of hydrogen-bond acceptors (Lipinski definition) is 5. The van der Waals surface area contributed by atoms with Crippen LogP contribution in [0.3, 0.4) is 0 Å². The Hall–Kier alpha value is -1.40. The summed E-state index contributed by atoms with van der Waals surface area (Å²) >= 11 is 0. The van der Waals surface area contributed by atoms with Gasteiger partial charge in [0.1, 0.15) is 0 Å². The molecule has 6 nitrogen and oxygen atoms in total. The van der Waals surface area contributed by atoms with Crippen LogP contribution in [0.25, 0.3) is 0 Å². The highest BCUT2D eigenvalue weighted by atomic mass is 16.5. The van der Waals surface area contributed by atoms with Crippen LogP contribution in [-0.2, 0) is 16.1 Å². The fourth-order valence-electron chi connectivity index (χ4n) is 6.68. The predicted octanol–water partition coefficient (Wildman–Crippen LogP) is 11.3. The summed E-state index contributed by atoms with van der Waals surface area (Å²) in [5.74, 6) is 0.144. The molecule has 0 fully saturated rings. The number of imidazole rings is 1. The number of aliphatic hydroxyl groups excluding tert-OH is 1. The van der Waals surface area contributed by atoms with Gasteiger partial charge in [-0.1, -0.05) is 162 Å². The van der Waals surface area contributed by atoms with Gasteiger partial charge in [0.15, 0.2) is 0 Å². The maximum Gasteiger partial charge on any atom is 0.308 e. The second-order valence-electron chi connectivity index (χ2n) is 14.4. The molecule has 0 bridgehead atoms. The van der Waals surface area contributed by atoms with E-state index in [9.17, 15) is 9.90 Å². The summed E-state index contributed by atoms with van der Waals surface area (Å²) in [7, 11) is 0. The first-order valence-electron chi connectivity index (χ1n) is 20.6. The first-order valence-corrected chi connectivity index (χ1v) is 20.6. The minimum absolute atomic E-state index is 0.0529. The lowest BCUT2D eigenvalue weighted by atomic mass is 9.94. The van der Waals surface area contributed by atoms with Crippen molar-refractivity contribution < 1.29 is 14.6 Å². The molecule has 0 saturated heterocycles. The molecule has 1 heterocycles. The van der Waals surface area contributed by atoms with Crippen LogP contribution >= 0.6 is 0 Å². The van der Waals surface area contributed by atoms with Gasteiger partial charge in [0, 0.05) is 32.0 Å². The van der Waals surface area contributed by atoms with Gasteiger partial charge in [-0.2, -0.15) is 0 Å². The van der Waals surface area contributed by atoms with Gasteiger partial charge in [0.25, 0.3) is 0 Å². The number of hydrogen-bond donors (Lipinski definition) is 1. The molecule has 0 aromatic carbocycles. The van der Waals surface area contributed by atoms with Crippen molar-refractivity contribution in [1.29, 1.82) is 0 Å². The second kappa shape index (κ2) is 33.1. The van der Waals surface area contributed by atoms with Crippen molar-refractivity contribution >= 4 is 5.97 Å². The minimum atomic E-state index is -0.252. The van der Waals surface area contributed by atoms with Crippen LogP contribution in [0.2, 0.25) is 0 Å². The van der Waals surface area contributed by atoms with E-state index in [1.54, 1.807) is 0 Å². The molecule has 2 unspecified atom stereocenters. The second-order valence-corrected chi connectivity index (χ2v) is 14.4. The van der Waals surface area contributed by atoms with Crippen molar-refractivity contribution in [2.24, 2.45) is 5.92 Å². The van der Waals surface area contributed by atoms with E-state index in [1.165, 1.54) is 109 Å². The molecule has 1 rings (SSSR count). The van der Waals surface area contributed by atoms with Gasteiger partial charge in [-0.05, 0) is 38.6 Å². The number of rotatable bonds is 36. The summed E-state index contributed by atoms with van der Waals surface area (Å²) in [5.41, 5.74) is 0. The minimum Gasteiger partial charge on any atom is -0.465 e. The molecule has 0 aliphatic rings. The molecule has 1 N–H and O–H groups in total. The lowest BCUT2D eigenvalue weighted by Crippen LogP contribution is -2.35. The molecule has 1 aromatic rings. The van der Waals surface area contributed by atoms with E-state index in [2.05, 4.69) is 35.2 Å². The monoisotopic (exact) mass is 662 g/mol. The third-order valence-electron chi connectivity index (χ3n) is 9.85. The van der Waals surface area contributed by atoms with E-state index >= 15 is 0 Å². The smallest absolute Gasteiger partial charge is 0.308 e. The van der Waals surface area contributed by atoms with Crippen LogP contribution in [0.1, 0.15) is 194 Å². The summed E-state index contributed by atoms with van der Waals surface area (Å²) in [4.78, 5) is 19.6. The third-order valence-corrected chi connectivity index (χ3v) is 9.85. The Kier molecular flexibility index (Phi) is 30.7. The molecule has 0 spiro atoms. The van der Waals surface area contributed by atoms with E-state index in [-0.39, 0.29) is 18.0 Å². The van der Waals surface area contributed by atoms with Crippen molar-refractivity contribution in [3.63, 3.8) is 0 Å². The van der Waals surface area contributed by atoms with Crippen molar-refractivity contribution in [3.05, 3.63) is 18.7 Å². The van der Waals surface area contributed by atoms with E-state index in [4.69, 9.17) is 4.74 Å². The zero-order valence-corrected chi connectivity index (χ0v) is 31.6. The number of aliphatic hydroxyl groups is 1. The average Bonchev–Trinajstić information content (AvgIpc) is 3.60. The lowest BCUT2D eigenvalue weighted by molar-refractivity contribution is -0.149. The Labute approximate surface area is 292 Å². The highest BCUT2D eigenvalue weighted by Gasteiger charge is 2.19. The highest BCUT2D eigenvalue weighted by Crippen LogP contribution is 2.21. The maximum absolute atomic E-state index is 12.9. The fourth-order valence-corrected chi connectivity index (χ4v) is 6.68. The van der Waals surface area contributed by atoms with Crippen LogP contribution in [-0.4, -0.2) is 57.9 Å². The highest BCUT2D eigenvalue weighted by molar-refractivity contribution is 5.72. The van der Waals surface area contributed by atoms with Crippen molar-refractivity contribution in [3.8, 4) is 0 Å². The maximum atomic E-state index is 12.9. The van der Waals surface area contributed by atoms with Gasteiger partial charge in [-0.25, -0.2) is 4.98 Å². The molecule has 6 heteroatoms. The third kappa shape index (κ3) is 27.1. The van der Waals surface area contributed by atoms with Crippen LogP contribution in [0.4, 0.5) is 0 Å². The molecule has 0 amide bonds. The molecule has 276 valence electrons. The number of esters is 1. The van der Waals surface area contributed by atoms with Gasteiger partial charge >= 0.3 is 5.97 Å². The molecule has 0 saturated carbocycles. The van der Waals surface area contributed by atoms with Crippen molar-refractivity contribution in [1.82, 2.24) is 14.5 Å². The van der Waals surface area contributed by atoms with Crippen LogP contribution < -0.4 is 0 Å². The normalized spacial score (nSPS) is 13.0. The number of carbonyl (C=O) groups is 1. The zero-order chi connectivity index (χ0) is 34.0. The first-order chi connectivity index (χ1) is 23.1. The average molecular weight is 662 g/mol. The van der Waals surface area contributed by atoms with Crippen LogP contribution in [0.15, 0.2) is 18.7 Å². The standard InChI is InChI=1S/C41H79N3O3/c1-4-7-10-13-15-16-17-18-20-25-30-40(45)37-43(34-35-44-33-31-42-38-44)32-26-21-22-27-36-47-41(46)39(28-23-12-9-6-3)29-24-19-14-11-8-5-2/h31,33,38-40,45H,4-30,32,34-37H2,1-3H3. The number of nitrogens with zero attached hydrogens (tertiary/aromatic N) is 3. The van der Waals surface area contributed by atoms with Gasteiger partial charge < -0.3 is 14.4 Å². The molecule has 47 heavy (non-hydrogen) atoms. The van der Waals surface area contributed by atoms with Gasteiger partial charge in [0.05, 0.1) is 25.0 Å². The Morgan fingerprint density at radius 2 is 1.15 bits per heavy atom. The Balaban J connectivity index is 2.29. The lowest BCUT2D eigenvalue weighted by Gasteiger charge is -2.25. The number of unbranched alkanes of at least 4 members (excludes halogenated alkanes) is 20. The van der Waals surface area contributed by atoms with E-state index in [1.807, 2.05) is 18.7 Å². The SMILES string of the molecule is CCCCCCCCCCCCC(O)CN(CCCCCCOC(=O)C(CCCCCC)CCCCCCCC)CCn1ccnc1. The summed E-state index contributed by atoms with van der Waals surface area (Å²) in [6.45, 7) is 10.9. The summed E-state index contributed by atoms with van der Waals surface area (Å²) in [5, 5.41) is 10.8. The Morgan fingerprint density at radius 3 is 1.70 bits per heavy atom. The van der Waals surface area contributed by atoms with Crippen LogP contribution in [0.5, 0.6) is 0 Å². The quantitative estimate of drug-likeness (QED) is 0.0572. The summed E-state index contributed by atoms with van der Waals surface area (Å²) in [6.07, 6.45) is 38.4. The van der Waals surface area contributed by atoms with Crippen LogP contribution in [0, 0.1) is 5.92 Å². The summed E-state index contributed by atoms with van der Waals surface area (Å²) < 4.78 is 7.94.